The number of ether oxygens (including phenoxy) is 1. The lowest BCUT2D eigenvalue weighted by molar-refractivity contribution is -0.137. The van der Waals surface area contributed by atoms with Crippen LogP contribution in [0.15, 0.2) is 42.5 Å². The number of imidazole rings is 1. The lowest BCUT2D eigenvalue weighted by Crippen LogP contribution is -2.17. The van der Waals surface area contributed by atoms with Gasteiger partial charge in [-0.1, -0.05) is 23.7 Å². The van der Waals surface area contributed by atoms with E-state index in [9.17, 15) is 18.0 Å². The smallest absolute Gasteiger partial charge is 0.417 e. The van der Waals surface area contributed by atoms with Crippen molar-refractivity contribution in [1.29, 1.82) is 0 Å². The number of hydrogen-bond acceptors (Lipinski definition) is 3. The quantitative estimate of drug-likeness (QED) is 0.623. The average Bonchev–Trinajstić information content (AvgIpc) is 2.99. The second kappa shape index (κ2) is 6.87. The molecule has 9 heteroatoms. The van der Waals surface area contributed by atoms with Crippen molar-refractivity contribution in [3.05, 3.63) is 58.9 Å². The van der Waals surface area contributed by atoms with Crippen LogP contribution in [-0.2, 0) is 10.9 Å². The van der Waals surface area contributed by atoms with Crippen LogP contribution >= 0.6 is 11.6 Å². The number of amides is 1. The number of benzene rings is 2. The molecule has 0 aliphatic heterocycles. The first-order valence-corrected chi connectivity index (χ1v) is 7.91. The van der Waals surface area contributed by atoms with Crippen LogP contribution in [0.4, 0.5) is 23.7 Å². The van der Waals surface area contributed by atoms with Gasteiger partial charge in [0.15, 0.2) is 6.10 Å². The molecule has 0 aliphatic rings. The normalized spacial score (nSPS) is 12.8. The second-order valence-corrected chi connectivity index (χ2v) is 5.91. The molecule has 1 unspecified atom stereocenters. The monoisotopic (exact) mass is 383 g/mol. The van der Waals surface area contributed by atoms with Crippen molar-refractivity contribution in [3.63, 3.8) is 0 Å². The van der Waals surface area contributed by atoms with E-state index in [1.54, 1.807) is 13.0 Å². The molecular formula is C17H13ClF3N3O2. The summed E-state index contributed by atoms with van der Waals surface area (Å²) < 4.78 is 43.7. The molecule has 1 aromatic heterocycles. The largest absolute Gasteiger partial charge is 0.438 e. The number of para-hydroxylation sites is 2. The van der Waals surface area contributed by atoms with Gasteiger partial charge in [-0.2, -0.15) is 13.2 Å². The number of nitrogens with zero attached hydrogens (tertiary/aromatic N) is 1. The van der Waals surface area contributed by atoms with Crippen molar-refractivity contribution in [2.75, 3.05) is 5.32 Å². The van der Waals surface area contributed by atoms with Gasteiger partial charge in [0.1, 0.15) is 5.82 Å². The molecule has 1 heterocycles. The van der Waals surface area contributed by atoms with E-state index in [1.807, 2.05) is 18.2 Å². The summed E-state index contributed by atoms with van der Waals surface area (Å²) in [7, 11) is 0. The summed E-state index contributed by atoms with van der Waals surface area (Å²) >= 11 is 5.54. The number of alkyl halides is 3. The van der Waals surface area contributed by atoms with Crippen LogP contribution in [0.3, 0.4) is 0 Å². The molecule has 3 rings (SSSR count). The number of rotatable bonds is 3. The summed E-state index contributed by atoms with van der Waals surface area (Å²) in [5, 5.41) is 1.80. The standard InChI is InChI=1S/C17H13ClF3N3O2/c1-9(15-23-13-4-2-3-5-14(13)24-15)26-16(25)22-10-6-7-12(18)11(8-10)17(19,20)21/h2-9H,1H3,(H,22,25)(H,23,24). The Morgan fingerprint density at radius 2 is 2.00 bits per heavy atom. The van der Waals surface area contributed by atoms with Crippen molar-refractivity contribution in [2.24, 2.45) is 0 Å². The van der Waals surface area contributed by atoms with Crippen molar-refractivity contribution < 1.29 is 22.7 Å². The average molecular weight is 384 g/mol. The van der Waals surface area contributed by atoms with Gasteiger partial charge in [-0.25, -0.2) is 9.78 Å². The third-order valence-corrected chi connectivity index (χ3v) is 3.92. The topological polar surface area (TPSA) is 67.0 Å². The fourth-order valence-electron chi connectivity index (χ4n) is 2.35. The molecule has 0 radical (unpaired) electrons. The summed E-state index contributed by atoms with van der Waals surface area (Å²) in [6.07, 6.45) is -6.26. The molecule has 2 aromatic carbocycles. The summed E-state index contributed by atoms with van der Waals surface area (Å²) in [5.41, 5.74) is 0.377. The first-order valence-electron chi connectivity index (χ1n) is 7.53. The minimum atomic E-state index is -4.62. The number of anilines is 1. The number of nitrogens with one attached hydrogen (secondary N) is 2. The fraction of sp³-hybridized carbons (Fsp3) is 0.176. The maximum Gasteiger partial charge on any atom is 0.417 e. The molecule has 26 heavy (non-hydrogen) atoms. The predicted octanol–water partition coefficient (Wildman–Crippen LogP) is 5.54. The zero-order valence-corrected chi connectivity index (χ0v) is 14.2. The van der Waals surface area contributed by atoms with Crippen molar-refractivity contribution in [1.82, 2.24) is 9.97 Å². The van der Waals surface area contributed by atoms with Gasteiger partial charge in [0.2, 0.25) is 0 Å². The molecule has 0 fully saturated rings. The van der Waals surface area contributed by atoms with Crippen LogP contribution in [-0.4, -0.2) is 16.1 Å². The molecule has 1 amide bonds. The Morgan fingerprint density at radius 1 is 1.27 bits per heavy atom. The van der Waals surface area contributed by atoms with E-state index in [2.05, 4.69) is 15.3 Å². The predicted molar refractivity (Wildman–Crippen MR) is 91.1 cm³/mol. The molecule has 2 N–H and O–H groups in total. The van der Waals surface area contributed by atoms with Crippen LogP contribution in [0.25, 0.3) is 11.0 Å². The second-order valence-electron chi connectivity index (χ2n) is 5.50. The van der Waals surface area contributed by atoms with Crippen LogP contribution in [0.2, 0.25) is 5.02 Å². The van der Waals surface area contributed by atoms with E-state index >= 15 is 0 Å². The Kier molecular flexibility index (Phi) is 4.78. The highest BCUT2D eigenvalue weighted by Gasteiger charge is 2.33. The first kappa shape index (κ1) is 18.1. The summed E-state index contributed by atoms with van der Waals surface area (Å²) in [6, 6.07) is 10.3. The van der Waals surface area contributed by atoms with E-state index in [0.717, 1.165) is 17.6 Å². The van der Waals surface area contributed by atoms with Gasteiger partial charge in [0.25, 0.3) is 0 Å². The maximum absolute atomic E-state index is 12.9. The SMILES string of the molecule is CC(OC(=O)Nc1ccc(Cl)c(C(F)(F)F)c1)c1nc2ccccc2[nH]1. The van der Waals surface area contributed by atoms with E-state index in [-0.39, 0.29) is 5.69 Å². The summed E-state index contributed by atoms with van der Waals surface area (Å²) in [6.45, 7) is 1.60. The number of fused-ring (bicyclic) bond motifs is 1. The number of hydrogen-bond donors (Lipinski definition) is 2. The third kappa shape index (κ3) is 3.91. The minimum Gasteiger partial charge on any atom is -0.438 e. The van der Waals surface area contributed by atoms with Crippen LogP contribution < -0.4 is 5.32 Å². The van der Waals surface area contributed by atoms with Crippen LogP contribution in [0, 0.1) is 0 Å². The highest BCUT2D eigenvalue weighted by Crippen LogP contribution is 2.36. The molecule has 0 saturated heterocycles. The van der Waals surface area contributed by atoms with Gasteiger partial charge >= 0.3 is 12.3 Å². The highest BCUT2D eigenvalue weighted by atomic mass is 35.5. The zero-order chi connectivity index (χ0) is 18.9. The molecule has 0 bridgehead atoms. The van der Waals surface area contributed by atoms with Gasteiger partial charge < -0.3 is 9.72 Å². The Morgan fingerprint density at radius 3 is 2.69 bits per heavy atom. The fourth-order valence-corrected chi connectivity index (χ4v) is 2.57. The molecule has 0 saturated carbocycles. The van der Waals surface area contributed by atoms with E-state index < -0.39 is 29.0 Å². The third-order valence-electron chi connectivity index (χ3n) is 3.59. The van der Waals surface area contributed by atoms with Gasteiger partial charge in [0.05, 0.1) is 21.6 Å². The number of H-pyrrole nitrogens is 1. The molecule has 0 aliphatic carbocycles. The molecule has 1 atom stereocenters. The van der Waals surface area contributed by atoms with Gasteiger partial charge in [-0.3, -0.25) is 5.32 Å². The van der Waals surface area contributed by atoms with E-state index in [4.69, 9.17) is 16.3 Å². The Labute approximate surface area is 151 Å². The molecule has 136 valence electrons. The van der Waals surface area contributed by atoms with Gasteiger partial charge in [-0.15, -0.1) is 0 Å². The summed E-state index contributed by atoms with van der Waals surface area (Å²) in [4.78, 5) is 19.3. The first-order chi connectivity index (χ1) is 12.2. The number of halogens is 4. The lowest BCUT2D eigenvalue weighted by atomic mass is 10.2. The number of aromatic amines is 1. The number of carbonyl (C=O) groups excluding carboxylic acids is 1. The molecule has 3 aromatic rings. The number of carbonyl (C=O) groups is 1. The van der Waals surface area contributed by atoms with Gasteiger partial charge in [0, 0.05) is 5.69 Å². The molecule has 5 nitrogen and oxygen atoms in total. The Balaban J connectivity index is 1.70. The minimum absolute atomic E-state index is 0.0801. The lowest BCUT2D eigenvalue weighted by Gasteiger charge is -2.14. The summed E-state index contributed by atoms with van der Waals surface area (Å²) in [5.74, 6) is 0.424. The van der Waals surface area contributed by atoms with Crippen LogP contribution in [0.5, 0.6) is 0 Å². The van der Waals surface area contributed by atoms with Gasteiger partial charge in [-0.05, 0) is 37.3 Å². The van der Waals surface area contributed by atoms with Crippen molar-refractivity contribution >= 4 is 34.4 Å². The number of aromatic nitrogens is 2. The van der Waals surface area contributed by atoms with E-state index in [1.165, 1.54) is 6.07 Å². The Bertz CT molecular complexity index is 923. The maximum atomic E-state index is 12.9. The highest BCUT2D eigenvalue weighted by molar-refractivity contribution is 6.31. The van der Waals surface area contributed by atoms with Crippen LogP contribution in [0.1, 0.15) is 24.4 Å². The Hall–Kier alpha value is -2.74. The van der Waals surface area contributed by atoms with E-state index in [0.29, 0.717) is 11.3 Å². The van der Waals surface area contributed by atoms with Crippen molar-refractivity contribution in [2.45, 2.75) is 19.2 Å². The van der Waals surface area contributed by atoms with Crippen molar-refractivity contribution in [3.8, 4) is 0 Å². The zero-order valence-electron chi connectivity index (χ0n) is 13.4. The molecule has 0 spiro atoms. The molecular weight excluding hydrogens is 371 g/mol.